The van der Waals surface area contributed by atoms with Gasteiger partial charge in [0.15, 0.2) is 6.10 Å². The van der Waals surface area contributed by atoms with E-state index in [2.05, 4.69) is 5.32 Å². The molecule has 0 aromatic rings. The Balaban J connectivity index is 1.84. The maximum atomic E-state index is 12.2. The summed E-state index contributed by atoms with van der Waals surface area (Å²) in [5, 5.41) is 3.41. The summed E-state index contributed by atoms with van der Waals surface area (Å²) in [6.45, 7) is 6.12. The Hall–Kier alpha value is -0.650. The van der Waals surface area contributed by atoms with E-state index in [1.807, 2.05) is 11.8 Å². The van der Waals surface area contributed by atoms with Gasteiger partial charge >= 0.3 is 0 Å². The summed E-state index contributed by atoms with van der Waals surface area (Å²) in [6, 6.07) is 0.448. The molecule has 0 bridgehead atoms. The SMILES string of the molecule is CCN(CC1CCCN1)C(=O)C1COCCO1. The molecule has 2 aliphatic heterocycles. The van der Waals surface area contributed by atoms with E-state index < -0.39 is 6.10 Å². The van der Waals surface area contributed by atoms with E-state index in [0.29, 0.717) is 25.9 Å². The predicted molar refractivity (Wildman–Crippen MR) is 63.8 cm³/mol. The highest BCUT2D eigenvalue weighted by atomic mass is 16.6. The zero-order valence-corrected chi connectivity index (χ0v) is 10.5. The van der Waals surface area contributed by atoms with Gasteiger partial charge < -0.3 is 19.7 Å². The molecular formula is C12H22N2O3. The summed E-state index contributed by atoms with van der Waals surface area (Å²) in [7, 11) is 0. The Morgan fingerprint density at radius 3 is 2.94 bits per heavy atom. The first kappa shape index (κ1) is 12.8. The standard InChI is InChI=1S/C12H22N2O3/c1-2-14(8-10-4-3-5-13-10)12(15)11-9-16-6-7-17-11/h10-11,13H,2-9H2,1H3. The molecule has 1 amide bonds. The molecule has 2 aliphatic rings. The van der Waals surface area contributed by atoms with Crippen LogP contribution in [0.2, 0.25) is 0 Å². The smallest absolute Gasteiger partial charge is 0.254 e. The molecule has 98 valence electrons. The molecule has 2 saturated heterocycles. The van der Waals surface area contributed by atoms with Crippen molar-refractivity contribution in [2.24, 2.45) is 0 Å². The van der Waals surface area contributed by atoms with Crippen LogP contribution in [-0.4, -0.2) is 62.4 Å². The summed E-state index contributed by atoms with van der Waals surface area (Å²) in [5.74, 6) is 0.0703. The molecule has 0 aromatic heterocycles. The van der Waals surface area contributed by atoms with Gasteiger partial charge in [-0.05, 0) is 26.3 Å². The second-order valence-electron chi connectivity index (χ2n) is 4.60. The fraction of sp³-hybridized carbons (Fsp3) is 0.917. The largest absolute Gasteiger partial charge is 0.376 e. The van der Waals surface area contributed by atoms with Crippen LogP contribution in [0.3, 0.4) is 0 Å². The molecule has 5 heteroatoms. The number of ether oxygens (including phenoxy) is 2. The Morgan fingerprint density at radius 2 is 2.35 bits per heavy atom. The molecule has 2 rings (SSSR count). The zero-order chi connectivity index (χ0) is 12.1. The molecule has 2 unspecified atom stereocenters. The first-order valence-corrected chi connectivity index (χ1v) is 6.52. The Labute approximate surface area is 102 Å². The van der Waals surface area contributed by atoms with E-state index in [-0.39, 0.29) is 5.91 Å². The summed E-state index contributed by atoms with van der Waals surface area (Å²) in [5.41, 5.74) is 0. The highest BCUT2D eigenvalue weighted by Crippen LogP contribution is 2.10. The van der Waals surface area contributed by atoms with Crippen LogP contribution in [0.4, 0.5) is 0 Å². The van der Waals surface area contributed by atoms with Crippen molar-refractivity contribution in [1.29, 1.82) is 0 Å². The van der Waals surface area contributed by atoms with Crippen LogP contribution in [0.1, 0.15) is 19.8 Å². The van der Waals surface area contributed by atoms with Gasteiger partial charge in [-0.15, -0.1) is 0 Å². The van der Waals surface area contributed by atoms with Crippen molar-refractivity contribution in [3.8, 4) is 0 Å². The maximum Gasteiger partial charge on any atom is 0.254 e. The molecular weight excluding hydrogens is 220 g/mol. The number of nitrogens with zero attached hydrogens (tertiary/aromatic N) is 1. The number of hydrogen-bond acceptors (Lipinski definition) is 4. The van der Waals surface area contributed by atoms with E-state index in [1.165, 1.54) is 6.42 Å². The minimum absolute atomic E-state index is 0.0703. The number of hydrogen-bond donors (Lipinski definition) is 1. The van der Waals surface area contributed by atoms with E-state index in [1.54, 1.807) is 0 Å². The Bertz CT molecular complexity index is 248. The lowest BCUT2D eigenvalue weighted by Crippen LogP contribution is -2.48. The molecule has 1 N–H and O–H groups in total. The van der Waals surface area contributed by atoms with Crippen molar-refractivity contribution in [1.82, 2.24) is 10.2 Å². The van der Waals surface area contributed by atoms with Crippen molar-refractivity contribution in [3.63, 3.8) is 0 Å². The third-order valence-corrected chi connectivity index (χ3v) is 3.39. The normalized spacial score (nSPS) is 29.2. The minimum atomic E-state index is -0.398. The molecule has 2 fully saturated rings. The van der Waals surface area contributed by atoms with Crippen LogP contribution in [0, 0.1) is 0 Å². The van der Waals surface area contributed by atoms with Crippen molar-refractivity contribution < 1.29 is 14.3 Å². The van der Waals surface area contributed by atoms with Gasteiger partial charge in [0.2, 0.25) is 0 Å². The van der Waals surface area contributed by atoms with Crippen LogP contribution < -0.4 is 5.32 Å². The second-order valence-corrected chi connectivity index (χ2v) is 4.60. The average Bonchev–Trinajstić information content (AvgIpc) is 2.89. The van der Waals surface area contributed by atoms with Gasteiger partial charge in [0.25, 0.3) is 5.91 Å². The number of carbonyl (C=O) groups excluding carboxylic acids is 1. The van der Waals surface area contributed by atoms with E-state index in [9.17, 15) is 4.79 Å². The van der Waals surface area contributed by atoms with Crippen LogP contribution in [0.5, 0.6) is 0 Å². The quantitative estimate of drug-likeness (QED) is 0.754. The molecule has 2 atom stereocenters. The van der Waals surface area contributed by atoms with Gasteiger partial charge in [0.05, 0.1) is 19.8 Å². The van der Waals surface area contributed by atoms with Crippen LogP contribution >= 0.6 is 0 Å². The number of rotatable bonds is 4. The first-order valence-electron chi connectivity index (χ1n) is 6.52. The van der Waals surface area contributed by atoms with Crippen LogP contribution in [-0.2, 0) is 14.3 Å². The average molecular weight is 242 g/mol. The fourth-order valence-electron chi connectivity index (χ4n) is 2.39. The van der Waals surface area contributed by atoms with Crippen molar-refractivity contribution in [2.45, 2.75) is 31.9 Å². The van der Waals surface area contributed by atoms with Gasteiger partial charge in [-0.3, -0.25) is 4.79 Å². The molecule has 0 aliphatic carbocycles. The van der Waals surface area contributed by atoms with Gasteiger partial charge in [-0.1, -0.05) is 0 Å². The van der Waals surface area contributed by atoms with Crippen LogP contribution in [0.15, 0.2) is 0 Å². The minimum Gasteiger partial charge on any atom is -0.376 e. The monoisotopic (exact) mass is 242 g/mol. The first-order chi connectivity index (χ1) is 8.31. The Morgan fingerprint density at radius 1 is 1.47 bits per heavy atom. The number of likely N-dealkylation sites (N-methyl/N-ethyl adjacent to an activating group) is 1. The lowest BCUT2D eigenvalue weighted by molar-refractivity contribution is -0.158. The van der Waals surface area contributed by atoms with Crippen molar-refractivity contribution in [3.05, 3.63) is 0 Å². The third-order valence-electron chi connectivity index (χ3n) is 3.39. The van der Waals surface area contributed by atoms with E-state index in [0.717, 1.165) is 26.1 Å². The Kier molecular flexibility index (Phi) is 4.76. The summed E-state index contributed by atoms with van der Waals surface area (Å²) < 4.78 is 10.7. The summed E-state index contributed by atoms with van der Waals surface area (Å²) >= 11 is 0. The van der Waals surface area contributed by atoms with Gasteiger partial charge in [-0.2, -0.15) is 0 Å². The number of amides is 1. The number of carbonyl (C=O) groups is 1. The highest BCUT2D eigenvalue weighted by Gasteiger charge is 2.28. The molecule has 0 saturated carbocycles. The third kappa shape index (κ3) is 3.40. The summed E-state index contributed by atoms with van der Waals surface area (Å²) in [4.78, 5) is 14.1. The fourth-order valence-corrected chi connectivity index (χ4v) is 2.39. The molecule has 5 nitrogen and oxygen atoms in total. The van der Waals surface area contributed by atoms with Crippen molar-refractivity contribution in [2.75, 3.05) is 39.5 Å². The second kappa shape index (κ2) is 6.33. The molecule has 17 heavy (non-hydrogen) atoms. The lowest BCUT2D eigenvalue weighted by atomic mass is 10.2. The highest BCUT2D eigenvalue weighted by molar-refractivity contribution is 5.81. The van der Waals surface area contributed by atoms with Gasteiger partial charge in [-0.25, -0.2) is 0 Å². The van der Waals surface area contributed by atoms with E-state index in [4.69, 9.17) is 9.47 Å². The zero-order valence-electron chi connectivity index (χ0n) is 10.5. The topological polar surface area (TPSA) is 50.8 Å². The molecule has 0 spiro atoms. The van der Waals surface area contributed by atoms with Crippen LogP contribution in [0.25, 0.3) is 0 Å². The lowest BCUT2D eigenvalue weighted by Gasteiger charge is -2.30. The maximum absolute atomic E-state index is 12.2. The van der Waals surface area contributed by atoms with Gasteiger partial charge in [0.1, 0.15) is 0 Å². The predicted octanol–water partition coefficient (Wildman–Crippen LogP) is 0.00230. The molecule has 2 heterocycles. The van der Waals surface area contributed by atoms with E-state index >= 15 is 0 Å². The van der Waals surface area contributed by atoms with Crippen molar-refractivity contribution >= 4 is 5.91 Å². The molecule has 0 aromatic carbocycles. The molecule has 0 radical (unpaired) electrons. The van der Waals surface area contributed by atoms with Gasteiger partial charge in [0, 0.05) is 19.1 Å². The summed E-state index contributed by atoms with van der Waals surface area (Å²) in [6.07, 6.45) is 1.97. The number of nitrogens with one attached hydrogen (secondary N) is 1.